The first-order chi connectivity index (χ1) is 8.15. The highest BCUT2D eigenvalue weighted by atomic mass is 19.1. The van der Waals surface area contributed by atoms with Crippen LogP contribution in [-0.2, 0) is 4.79 Å². The molecule has 1 amide bonds. The Hall–Kier alpha value is -2.23. The van der Waals surface area contributed by atoms with Gasteiger partial charge in [-0.05, 0) is 17.7 Å². The smallest absolute Gasteiger partial charge is 0.229 e. The van der Waals surface area contributed by atoms with E-state index in [2.05, 4.69) is 23.5 Å². The summed E-state index contributed by atoms with van der Waals surface area (Å²) in [6.45, 7) is 7.13. The maximum absolute atomic E-state index is 12.6. The number of anilines is 1. The molecule has 0 aliphatic rings. The molecule has 0 unspecified atom stereocenters. The third-order valence-corrected chi connectivity index (χ3v) is 1.95. The van der Waals surface area contributed by atoms with Gasteiger partial charge in [-0.15, -0.1) is 0 Å². The number of allylic oxidation sites excluding steroid dienone is 3. The van der Waals surface area contributed by atoms with Crippen molar-refractivity contribution in [3.63, 3.8) is 0 Å². The fraction of sp³-hybridized carbons (Fsp3) is 0.0769. The van der Waals surface area contributed by atoms with E-state index in [0.29, 0.717) is 5.82 Å². The van der Waals surface area contributed by atoms with Crippen LogP contribution in [0.3, 0.4) is 0 Å². The molecule has 0 atom stereocenters. The van der Waals surface area contributed by atoms with Crippen LogP contribution in [0.25, 0.3) is 0 Å². The van der Waals surface area contributed by atoms with E-state index in [1.165, 1.54) is 12.1 Å². The van der Waals surface area contributed by atoms with Crippen molar-refractivity contribution in [2.24, 2.45) is 0 Å². The number of nitrogens with one attached hydrogen (secondary N) is 1. The van der Waals surface area contributed by atoms with Gasteiger partial charge in [0, 0.05) is 0 Å². The van der Waals surface area contributed by atoms with Crippen LogP contribution in [0.4, 0.5) is 10.2 Å². The number of carbonyl (C=O) groups is 1. The van der Waals surface area contributed by atoms with E-state index in [0.717, 1.165) is 11.8 Å². The third kappa shape index (κ3) is 4.42. The Morgan fingerprint density at radius 3 is 2.76 bits per heavy atom. The average Bonchev–Trinajstić information content (AvgIpc) is 2.31. The van der Waals surface area contributed by atoms with Crippen molar-refractivity contribution in [2.45, 2.75) is 6.42 Å². The van der Waals surface area contributed by atoms with E-state index in [4.69, 9.17) is 0 Å². The molecule has 1 rings (SSSR count). The Morgan fingerprint density at radius 1 is 1.47 bits per heavy atom. The van der Waals surface area contributed by atoms with Crippen LogP contribution in [0.1, 0.15) is 6.42 Å². The van der Waals surface area contributed by atoms with Crippen molar-refractivity contribution in [1.29, 1.82) is 0 Å². The molecule has 1 heterocycles. The molecule has 0 radical (unpaired) electrons. The molecular formula is C13H13FN2O. The van der Waals surface area contributed by atoms with E-state index < -0.39 is 5.82 Å². The summed E-state index contributed by atoms with van der Waals surface area (Å²) in [5, 5.41) is 2.55. The highest BCUT2D eigenvalue weighted by molar-refractivity contribution is 5.91. The number of nitrogens with zero attached hydrogens (tertiary/aromatic N) is 1. The maximum atomic E-state index is 12.6. The molecule has 0 saturated carbocycles. The second-order valence-corrected chi connectivity index (χ2v) is 3.27. The number of hydrogen-bond donors (Lipinski definition) is 1. The summed E-state index contributed by atoms with van der Waals surface area (Å²) in [7, 11) is 0. The summed E-state index contributed by atoms with van der Waals surface area (Å²) in [5.41, 5.74) is 0.750. The van der Waals surface area contributed by atoms with Gasteiger partial charge in [0.1, 0.15) is 11.6 Å². The van der Waals surface area contributed by atoms with Crippen LogP contribution in [0.5, 0.6) is 0 Å². The monoisotopic (exact) mass is 232 g/mol. The molecule has 3 nitrogen and oxygen atoms in total. The van der Waals surface area contributed by atoms with Gasteiger partial charge in [-0.3, -0.25) is 4.79 Å². The minimum absolute atomic E-state index is 0.175. The SMILES string of the molecule is C=C/C=C(\C=C)CC(=O)Nc1ccc(F)cn1. The van der Waals surface area contributed by atoms with Gasteiger partial charge < -0.3 is 5.32 Å². The molecule has 0 aliphatic heterocycles. The molecule has 1 N–H and O–H groups in total. The summed E-state index contributed by atoms with van der Waals surface area (Å²) in [4.78, 5) is 15.3. The standard InChI is InChI=1S/C13H13FN2O/c1-3-5-10(4-2)8-13(17)16-12-7-6-11(14)9-15-12/h3-7,9H,1-2,8H2,(H,15,16,17)/b10-5+. The molecule has 0 bridgehead atoms. The van der Waals surface area contributed by atoms with Crippen molar-refractivity contribution in [2.75, 3.05) is 5.32 Å². The minimum Gasteiger partial charge on any atom is -0.310 e. The van der Waals surface area contributed by atoms with Crippen LogP contribution < -0.4 is 5.32 Å². The van der Waals surface area contributed by atoms with Crippen LogP contribution in [0, 0.1) is 5.82 Å². The zero-order valence-corrected chi connectivity index (χ0v) is 9.32. The molecule has 0 saturated heterocycles. The van der Waals surface area contributed by atoms with Gasteiger partial charge in [-0.2, -0.15) is 0 Å². The summed E-state index contributed by atoms with van der Waals surface area (Å²) in [5.74, 6) is -0.364. The van der Waals surface area contributed by atoms with Crippen molar-refractivity contribution < 1.29 is 9.18 Å². The zero-order valence-electron chi connectivity index (χ0n) is 9.32. The highest BCUT2D eigenvalue weighted by Crippen LogP contribution is 2.07. The fourth-order valence-electron chi connectivity index (χ4n) is 1.17. The number of pyridine rings is 1. The van der Waals surface area contributed by atoms with Gasteiger partial charge in [0.25, 0.3) is 0 Å². The van der Waals surface area contributed by atoms with Gasteiger partial charge >= 0.3 is 0 Å². The van der Waals surface area contributed by atoms with Crippen LogP contribution in [-0.4, -0.2) is 10.9 Å². The van der Waals surface area contributed by atoms with Gasteiger partial charge in [-0.25, -0.2) is 9.37 Å². The van der Waals surface area contributed by atoms with E-state index in [9.17, 15) is 9.18 Å². The molecule has 0 aromatic carbocycles. The maximum Gasteiger partial charge on any atom is 0.229 e. The molecule has 1 aromatic rings. The van der Waals surface area contributed by atoms with Crippen LogP contribution in [0.2, 0.25) is 0 Å². The lowest BCUT2D eigenvalue weighted by molar-refractivity contribution is -0.115. The Balaban J connectivity index is 2.60. The second-order valence-electron chi connectivity index (χ2n) is 3.27. The predicted molar refractivity (Wildman–Crippen MR) is 65.9 cm³/mol. The lowest BCUT2D eigenvalue weighted by atomic mass is 10.1. The Kier molecular flexibility index (Phi) is 4.81. The second kappa shape index (κ2) is 6.37. The summed E-state index contributed by atoms with van der Waals surface area (Å²) in [6, 6.07) is 2.63. The number of hydrogen-bond acceptors (Lipinski definition) is 2. The van der Waals surface area contributed by atoms with Gasteiger partial charge in [0.15, 0.2) is 0 Å². The zero-order chi connectivity index (χ0) is 12.7. The van der Waals surface area contributed by atoms with Gasteiger partial charge in [0.2, 0.25) is 5.91 Å². The third-order valence-electron chi connectivity index (χ3n) is 1.95. The first-order valence-corrected chi connectivity index (χ1v) is 5.01. The molecule has 0 aliphatic carbocycles. The first-order valence-electron chi connectivity index (χ1n) is 5.01. The number of rotatable bonds is 5. The number of aromatic nitrogens is 1. The number of amides is 1. The molecule has 17 heavy (non-hydrogen) atoms. The lowest BCUT2D eigenvalue weighted by Crippen LogP contribution is -2.12. The predicted octanol–water partition coefficient (Wildman–Crippen LogP) is 2.85. The largest absolute Gasteiger partial charge is 0.310 e. The Morgan fingerprint density at radius 2 is 2.24 bits per heavy atom. The van der Waals surface area contributed by atoms with Crippen molar-refractivity contribution in [3.05, 3.63) is 61.1 Å². The van der Waals surface area contributed by atoms with E-state index in [1.54, 1.807) is 18.2 Å². The summed E-state index contributed by atoms with van der Waals surface area (Å²) in [6.07, 6.45) is 6.09. The Labute approximate surface area is 99.4 Å². The van der Waals surface area contributed by atoms with E-state index >= 15 is 0 Å². The molecular weight excluding hydrogens is 219 g/mol. The van der Waals surface area contributed by atoms with Crippen molar-refractivity contribution in [3.8, 4) is 0 Å². The minimum atomic E-state index is -0.443. The van der Waals surface area contributed by atoms with Crippen molar-refractivity contribution in [1.82, 2.24) is 4.98 Å². The normalized spacial score (nSPS) is 10.8. The van der Waals surface area contributed by atoms with Crippen LogP contribution >= 0.6 is 0 Å². The fourth-order valence-corrected chi connectivity index (χ4v) is 1.17. The highest BCUT2D eigenvalue weighted by Gasteiger charge is 2.04. The van der Waals surface area contributed by atoms with Gasteiger partial charge in [0.05, 0.1) is 12.6 Å². The molecule has 1 aromatic heterocycles. The molecule has 0 fully saturated rings. The van der Waals surface area contributed by atoms with Crippen LogP contribution in [0.15, 0.2) is 55.3 Å². The van der Waals surface area contributed by atoms with E-state index in [-0.39, 0.29) is 12.3 Å². The van der Waals surface area contributed by atoms with Gasteiger partial charge in [-0.1, -0.05) is 31.4 Å². The quantitative estimate of drug-likeness (QED) is 0.793. The molecule has 0 spiro atoms. The summed E-state index contributed by atoms with van der Waals surface area (Å²) >= 11 is 0. The Bertz CT molecular complexity index is 449. The molecule has 4 heteroatoms. The lowest BCUT2D eigenvalue weighted by Gasteiger charge is -2.04. The van der Waals surface area contributed by atoms with E-state index in [1.807, 2.05) is 0 Å². The number of halogens is 1. The van der Waals surface area contributed by atoms with Crippen molar-refractivity contribution >= 4 is 11.7 Å². The average molecular weight is 232 g/mol. The topological polar surface area (TPSA) is 42.0 Å². The number of carbonyl (C=O) groups excluding carboxylic acids is 1. The molecule has 88 valence electrons. The first kappa shape index (κ1) is 12.8. The summed E-state index contributed by atoms with van der Waals surface area (Å²) < 4.78 is 12.6.